The Hall–Kier alpha value is -2.56. The second-order valence-corrected chi connectivity index (χ2v) is 4.66. The van der Waals surface area contributed by atoms with Crippen molar-refractivity contribution >= 4 is 11.7 Å². The first-order valence-corrected chi connectivity index (χ1v) is 6.78. The van der Waals surface area contributed by atoms with Crippen LogP contribution in [0.25, 0.3) is 0 Å². The number of anilines is 1. The molecule has 0 aliphatic heterocycles. The number of hydrogen-bond acceptors (Lipinski definition) is 3. The van der Waals surface area contributed by atoms with E-state index in [2.05, 4.69) is 15.6 Å². The van der Waals surface area contributed by atoms with E-state index in [0.717, 1.165) is 11.3 Å². The number of benzene rings is 1. The van der Waals surface area contributed by atoms with Crippen molar-refractivity contribution in [3.63, 3.8) is 0 Å². The molecule has 0 atom stereocenters. The van der Waals surface area contributed by atoms with Gasteiger partial charge in [-0.1, -0.05) is 12.1 Å². The van der Waals surface area contributed by atoms with Crippen molar-refractivity contribution < 1.29 is 9.53 Å². The molecule has 110 valence electrons. The van der Waals surface area contributed by atoms with E-state index in [1.807, 2.05) is 43.3 Å². The number of nitrogens with one attached hydrogen (secondary N) is 2. The van der Waals surface area contributed by atoms with Crippen molar-refractivity contribution in [1.82, 2.24) is 10.3 Å². The van der Waals surface area contributed by atoms with Gasteiger partial charge < -0.3 is 15.4 Å². The van der Waals surface area contributed by atoms with Gasteiger partial charge in [0, 0.05) is 24.9 Å². The highest BCUT2D eigenvalue weighted by atomic mass is 16.5. The van der Waals surface area contributed by atoms with Gasteiger partial charge in [-0.15, -0.1) is 0 Å². The molecule has 2 N–H and O–H groups in total. The molecule has 0 aliphatic carbocycles. The van der Waals surface area contributed by atoms with Gasteiger partial charge in [-0.05, 0) is 36.8 Å². The van der Waals surface area contributed by atoms with Crippen LogP contribution < -0.4 is 15.4 Å². The highest BCUT2D eigenvalue weighted by Gasteiger charge is 2.07. The van der Waals surface area contributed by atoms with E-state index in [1.54, 1.807) is 13.3 Å². The van der Waals surface area contributed by atoms with E-state index >= 15 is 0 Å². The molecule has 1 heterocycles. The van der Waals surface area contributed by atoms with Gasteiger partial charge in [0.25, 0.3) is 0 Å². The number of aromatic nitrogens is 1. The average Bonchev–Trinajstić information content (AvgIpc) is 2.50. The average molecular weight is 285 g/mol. The maximum absolute atomic E-state index is 11.9. The Labute approximate surface area is 124 Å². The fourth-order valence-electron chi connectivity index (χ4n) is 1.92. The minimum absolute atomic E-state index is 0.256. The third-order valence-corrected chi connectivity index (χ3v) is 3.00. The smallest absolute Gasteiger partial charge is 0.319 e. The fourth-order valence-corrected chi connectivity index (χ4v) is 1.92. The van der Waals surface area contributed by atoms with Crippen LogP contribution in [0.15, 0.2) is 42.6 Å². The molecule has 21 heavy (non-hydrogen) atoms. The van der Waals surface area contributed by atoms with E-state index in [9.17, 15) is 4.79 Å². The molecule has 0 spiro atoms. The molecule has 5 nitrogen and oxygen atoms in total. The number of carbonyl (C=O) groups excluding carboxylic acids is 1. The fraction of sp³-hybridized carbons (Fsp3) is 0.250. The van der Waals surface area contributed by atoms with E-state index < -0.39 is 0 Å². The zero-order valence-corrected chi connectivity index (χ0v) is 12.2. The Morgan fingerprint density at radius 3 is 2.86 bits per heavy atom. The monoisotopic (exact) mass is 285 g/mol. The van der Waals surface area contributed by atoms with Gasteiger partial charge in [-0.3, -0.25) is 4.98 Å². The summed E-state index contributed by atoms with van der Waals surface area (Å²) in [5, 5.41) is 5.58. The number of methoxy groups -OCH3 is 1. The summed E-state index contributed by atoms with van der Waals surface area (Å²) in [7, 11) is 1.58. The van der Waals surface area contributed by atoms with Crippen molar-refractivity contribution in [2.75, 3.05) is 19.0 Å². The lowest BCUT2D eigenvalue weighted by Crippen LogP contribution is -2.30. The van der Waals surface area contributed by atoms with Crippen LogP contribution in [0.4, 0.5) is 10.5 Å². The molecule has 2 rings (SSSR count). The van der Waals surface area contributed by atoms with Gasteiger partial charge in [-0.2, -0.15) is 0 Å². The van der Waals surface area contributed by atoms with E-state index in [4.69, 9.17) is 4.74 Å². The van der Waals surface area contributed by atoms with Crippen molar-refractivity contribution in [1.29, 1.82) is 0 Å². The summed E-state index contributed by atoms with van der Waals surface area (Å²) in [6.07, 6.45) is 2.44. The SMILES string of the molecule is COc1cc(C)ccc1NC(=O)NCCc1ccccn1. The van der Waals surface area contributed by atoms with Crippen molar-refractivity contribution in [3.8, 4) is 5.75 Å². The van der Waals surface area contributed by atoms with Crippen LogP contribution >= 0.6 is 0 Å². The van der Waals surface area contributed by atoms with Crippen LogP contribution in [0.2, 0.25) is 0 Å². The van der Waals surface area contributed by atoms with Crippen LogP contribution in [-0.4, -0.2) is 24.7 Å². The molecule has 0 saturated heterocycles. The van der Waals surface area contributed by atoms with Gasteiger partial charge in [0.1, 0.15) is 5.75 Å². The quantitative estimate of drug-likeness (QED) is 0.888. The first-order chi connectivity index (χ1) is 10.2. The van der Waals surface area contributed by atoms with Gasteiger partial charge >= 0.3 is 6.03 Å². The summed E-state index contributed by atoms with van der Waals surface area (Å²) >= 11 is 0. The predicted octanol–water partition coefficient (Wildman–Crippen LogP) is 2.76. The number of aryl methyl sites for hydroxylation is 1. The second kappa shape index (κ2) is 7.28. The van der Waals surface area contributed by atoms with E-state index in [1.165, 1.54) is 0 Å². The predicted molar refractivity (Wildman–Crippen MR) is 82.7 cm³/mol. The molecule has 0 unspecified atom stereocenters. The summed E-state index contributed by atoms with van der Waals surface area (Å²) in [5.74, 6) is 0.648. The van der Waals surface area contributed by atoms with Crippen LogP contribution in [0.3, 0.4) is 0 Å². The van der Waals surface area contributed by atoms with Crippen LogP contribution in [-0.2, 0) is 6.42 Å². The van der Waals surface area contributed by atoms with Crippen LogP contribution in [0, 0.1) is 6.92 Å². The molecule has 0 fully saturated rings. The highest BCUT2D eigenvalue weighted by Crippen LogP contribution is 2.24. The lowest BCUT2D eigenvalue weighted by Gasteiger charge is -2.11. The van der Waals surface area contributed by atoms with Crippen molar-refractivity contribution in [2.24, 2.45) is 0 Å². The summed E-state index contributed by atoms with van der Waals surface area (Å²) < 4.78 is 5.25. The molecular weight excluding hydrogens is 266 g/mol. The normalized spacial score (nSPS) is 10.0. The number of urea groups is 1. The summed E-state index contributed by atoms with van der Waals surface area (Å²) in [5.41, 5.74) is 2.68. The van der Waals surface area contributed by atoms with E-state index in [-0.39, 0.29) is 6.03 Å². The molecule has 0 aliphatic rings. The molecule has 2 aromatic rings. The maximum Gasteiger partial charge on any atom is 0.319 e. The number of rotatable bonds is 5. The minimum atomic E-state index is -0.256. The third kappa shape index (κ3) is 4.49. The van der Waals surface area contributed by atoms with Crippen LogP contribution in [0.1, 0.15) is 11.3 Å². The maximum atomic E-state index is 11.9. The number of hydrogen-bond donors (Lipinski definition) is 2. The topological polar surface area (TPSA) is 63.2 Å². The molecule has 0 radical (unpaired) electrons. The van der Waals surface area contributed by atoms with Crippen molar-refractivity contribution in [3.05, 3.63) is 53.9 Å². The summed E-state index contributed by atoms with van der Waals surface area (Å²) in [6.45, 7) is 2.50. The zero-order valence-electron chi connectivity index (χ0n) is 12.2. The Bertz CT molecular complexity index is 600. The van der Waals surface area contributed by atoms with Gasteiger partial charge in [-0.25, -0.2) is 4.79 Å². The Balaban J connectivity index is 1.85. The molecule has 5 heteroatoms. The summed E-state index contributed by atoms with van der Waals surface area (Å²) in [6, 6.07) is 11.1. The Morgan fingerprint density at radius 1 is 1.29 bits per heavy atom. The molecule has 1 aromatic carbocycles. The van der Waals surface area contributed by atoms with Gasteiger partial charge in [0.15, 0.2) is 0 Å². The standard InChI is InChI=1S/C16H19N3O2/c1-12-6-7-14(15(11-12)21-2)19-16(20)18-10-8-13-5-3-4-9-17-13/h3-7,9,11H,8,10H2,1-2H3,(H2,18,19,20). The Morgan fingerprint density at radius 2 is 2.14 bits per heavy atom. The molecule has 2 amide bonds. The Kier molecular flexibility index (Phi) is 5.15. The van der Waals surface area contributed by atoms with E-state index in [0.29, 0.717) is 24.4 Å². The lowest BCUT2D eigenvalue weighted by atomic mass is 10.2. The molecule has 1 aromatic heterocycles. The third-order valence-electron chi connectivity index (χ3n) is 3.00. The number of nitrogens with zero attached hydrogens (tertiary/aromatic N) is 1. The summed E-state index contributed by atoms with van der Waals surface area (Å²) in [4.78, 5) is 16.1. The first kappa shape index (κ1) is 14.8. The van der Waals surface area contributed by atoms with Crippen molar-refractivity contribution in [2.45, 2.75) is 13.3 Å². The first-order valence-electron chi connectivity index (χ1n) is 6.78. The number of amides is 2. The zero-order chi connectivity index (χ0) is 15.1. The largest absolute Gasteiger partial charge is 0.495 e. The van der Waals surface area contributed by atoms with Gasteiger partial charge in [0.2, 0.25) is 0 Å². The van der Waals surface area contributed by atoms with Gasteiger partial charge in [0.05, 0.1) is 12.8 Å². The molecular formula is C16H19N3O2. The van der Waals surface area contributed by atoms with Crippen LogP contribution in [0.5, 0.6) is 5.75 Å². The molecule has 0 bridgehead atoms. The molecule has 0 saturated carbocycles. The highest BCUT2D eigenvalue weighted by molar-refractivity contribution is 5.90. The second-order valence-electron chi connectivity index (χ2n) is 4.66. The minimum Gasteiger partial charge on any atom is -0.495 e. The number of pyridine rings is 1. The number of ether oxygens (including phenoxy) is 1. The lowest BCUT2D eigenvalue weighted by molar-refractivity contribution is 0.252. The number of carbonyl (C=O) groups is 1.